The van der Waals surface area contributed by atoms with Crippen LogP contribution in [0, 0.1) is 30.7 Å². The quantitative estimate of drug-likeness (QED) is 0.449. The topological polar surface area (TPSA) is 133 Å². The van der Waals surface area contributed by atoms with Crippen molar-refractivity contribution in [3.63, 3.8) is 0 Å². The molecule has 2 rings (SSSR count). The predicted molar refractivity (Wildman–Crippen MR) is 88.4 cm³/mol. The summed E-state index contributed by atoms with van der Waals surface area (Å²) in [4.78, 5) is 32.7. The van der Waals surface area contributed by atoms with Crippen LogP contribution in [-0.4, -0.2) is 25.5 Å². The molecule has 10 nitrogen and oxygen atoms in total. The van der Waals surface area contributed by atoms with Crippen LogP contribution in [-0.2, 0) is 7.05 Å². The number of anilines is 1. The zero-order valence-corrected chi connectivity index (χ0v) is 14.1. The van der Waals surface area contributed by atoms with Crippen molar-refractivity contribution in [2.24, 2.45) is 7.05 Å². The van der Waals surface area contributed by atoms with Crippen molar-refractivity contribution in [1.82, 2.24) is 9.78 Å². The molecule has 0 saturated carbocycles. The third-order valence-corrected chi connectivity index (χ3v) is 3.79. The average molecular weight is 431 g/mol. The van der Waals surface area contributed by atoms with Crippen molar-refractivity contribution in [2.45, 2.75) is 6.92 Å². The van der Waals surface area contributed by atoms with Crippen molar-refractivity contribution in [3.8, 4) is 0 Å². The second-order valence-corrected chi connectivity index (χ2v) is 5.77. The Morgan fingerprint density at radius 2 is 1.78 bits per heavy atom. The zero-order valence-electron chi connectivity index (χ0n) is 11.9. The van der Waals surface area contributed by atoms with E-state index in [0.29, 0.717) is 3.57 Å². The Hall–Kier alpha value is -2.57. The van der Waals surface area contributed by atoms with Gasteiger partial charge in [-0.3, -0.25) is 29.7 Å². The maximum Gasteiger partial charge on any atom is 0.281 e. The molecule has 1 aromatic carbocycles. The van der Waals surface area contributed by atoms with Gasteiger partial charge < -0.3 is 5.32 Å². The number of nitrogens with one attached hydrogen (secondary N) is 1. The summed E-state index contributed by atoms with van der Waals surface area (Å²) in [7, 11) is 1.64. The molecule has 0 atom stereocenters. The van der Waals surface area contributed by atoms with Crippen LogP contribution in [0.1, 0.15) is 16.1 Å². The number of hydrogen-bond acceptors (Lipinski definition) is 6. The molecule has 1 N–H and O–H groups in total. The molecule has 0 radical (unpaired) electrons. The second-order valence-electron chi connectivity index (χ2n) is 4.61. The van der Waals surface area contributed by atoms with E-state index in [1.54, 1.807) is 13.2 Å². The lowest BCUT2D eigenvalue weighted by molar-refractivity contribution is -0.395. The normalized spacial score (nSPS) is 10.4. The number of carbonyl (C=O) groups is 1. The lowest BCUT2D eigenvalue weighted by Gasteiger charge is -2.06. The van der Waals surface area contributed by atoms with Crippen molar-refractivity contribution >= 4 is 45.6 Å². The molecule has 0 unspecified atom stereocenters. The summed E-state index contributed by atoms with van der Waals surface area (Å²) in [5, 5.41) is 28.4. The number of amides is 1. The van der Waals surface area contributed by atoms with Crippen LogP contribution >= 0.6 is 22.6 Å². The molecule has 1 aromatic heterocycles. The summed E-state index contributed by atoms with van der Waals surface area (Å²) in [6, 6.07) is 2.16. The molecule has 0 fully saturated rings. The smallest absolute Gasteiger partial charge is 0.281 e. The first-order valence-electron chi connectivity index (χ1n) is 6.14. The first kappa shape index (κ1) is 16.8. The van der Waals surface area contributed by atoms with Crippen LogP contribution in [0.2, 0.25) is 0 Å². The molecule has 11 heteroatoms. The van der Waals surface area contributed by atoms with Crippen LogP contribution in [0.25, 0.3) is 0 Å². The number of aromatic nitrogens is 2. The van der Waals surface area contributed by atoms with Gasteiger partial charge in [-0.25, -0.2) is 0 Å². The Balaban J connectivity index is 2.43. The number of halogens is 1. The van der Waals surface area contributed by atoms with Crippen molar-refractivity contribution in [1.29, 1.82) is 0 Å². The van der Waals surface area contributed by atoms with Crippen molar-refractivity contribution in [3.05, 3.63) is 53.4 Å². The zero-order chi connectivity index (χ0) is 17.3. The van der Waals surface area contributed by atoms with Gasteiger partial charge in [0.1, 0.15) is 5.56 Å². The van der Waals surface area contributed by atoms with E-state index in [9.17, 15) is 25.0 Å². The van der Waals surface area contributed by atoms with Gasteiger partial charge in [-0.15, -0.1) is 0 Å². The number of nitrogens with zero attached hydrogens (tertiary/aromatic N) is 4. The molecular formula is C12H10IN5O5. The summed E-state index contributed by atoms with van der Waals surface area (Å²) in [5.41, 5.74) is -0.875. The first-order valence-corrected chi connectivity index (χ1v) is 7.22. The molecule has 0 bridgehead atoms. The summed E-state index contributed by atoms with van der Waals surface area (Å²) in [5.74, 6) is -0.609. The SMILES string of the molecule is Cc1c([N+](=O)[O-])cc(NC(=O)c2nn(C)cc2I)cc1[N+](=O)[O-]. The number of nitro benzene ring substituents is 2. The number of carbonyl (C=O) groups excluding carboxylic acids is 1. The number of rotatable bonds is 4. The van der Waals surface area contributed by atoms with Gasteiger partial charge in [0, 0.05) is 25.4 Å². The molecule has 0 spiro atoms. The van der Waals surface area contributed by atoms with Gasteiger partial charge in [0.05, 0.1) is 19.1 Å². The van der Waals surface area contributed by atoms with E-state index in [0.717, 1.165) is 12.1 Å². The highest BCUT2D eigenvalue weighted by molar-refractivity contribution is 14.1. The molecule has 0 aliphatic carbocycles. The van der Waals surface area contributed by atoms with E-state index in [2.05, 4.69) is 10.4 Å². The van der Waals surface area contributed by atoms with Crippen molar-refractivity contribution in [2.75, 3.05) is 5.32 Å². The van der Waals surface area contributed by atoms with Crippen LogP contribution < -0.4 is 5.32 Å². The van der Waals surface area contributed by atoms with Crippen molar-refractivity contribution < 1.29 is 14.6 Å². The fourth-order valence-electron chi connectivity index (χ4n) is 1.94. The highest BCUT2D eigenvalue weighted by Crippen LogP contribution is 2.32. The number of benzene rings is 1. The Bertz CT molecular complexity index is 796. The minimum atomic E-state index is -0.734. The Morgan fingerprint density at radius 3 is 2.17 bits per heavy atom. The van der Waals surface area contributed by atoms with E-state index >= 15 is 0 Å². The molecule has 0 saturated heterocycles. The summed E-state index contributed by atoms with van der Waals surface area (Å²) >= 11 is 1.92. The lowest BCUT2D eigenvalue weighted by atomic mass is 10.1. The molecule has 0 aliphatic heterocycles. The molecule has 0 aliphatic rings. The van der Waals surface area contributed by atoms with E-state index in [1.807, 2.05) is 22.6 Å². The van der Waals surface area contributed by atoms with Gasteiger partial charge >= 0.3 is 0 Å². The largest absolute Gasteiger partial charge is 0.320 e. The maximum atomic E-state index is 12.2. The minimum Gasteiger partial charge on any atom is -0.320 e. The molecular weight excluding hydrogens is 421 g/mol. The predicted octanol–water partition coefficient (Wildman–Crippen LogP) is 2.40. The minimum absolute atomic E-state index is 0.0412. The maximum absolute atomic E-state index is 12.2. The number of hydrogen-bond donors (Lipinski definition) is 1. The fourth-order valence-corrected chi connectivity index (χ4v) is 2.70. The van der Waals surface area contributed by atoms with Gasteiger partial charge in [-0.1, -0.05) is 0 Å². The highest BCUT2D eigenvalue weighted by atomic mass is 127. The summed E-state index contributed by atoms with van der Waals surface area (Å²) < 4.78 is 2.02. The molecule has 1 heterocycles. The summed E-state index contributed by atoms with van der Waals surface area (Å²) in [6.07, 6.45) is 1.62. The summed E-state index contributed by atoms with van der Waals surface area (Å²) in [6.45, 7) is 1.28. The Kier molecular flexibility index (Phi) is 4.58. The molecule has 23 heavy (non-hydrogen) atoms. The number of aryl methyl sites for hydroxylation is 1. The third kappa shape index (κ3) is 3.44. The van der Waals surface area contributed by atoms with Crippen LogP contribution in [0.3, 0.4) is 0 Å². The van der Waals surface area contributed by atoms with Gasteiger partial charge in [0.15, 0.2) is 5.69 Å². The van der Waals surface area contributed by atoms with Crippen LogP contribution in [0.15, 0.2) is 18.3 Å². The van der Waals surface area contributed by atoms with Gasteiger partial charge in [0.25, 0.3) is 17.3 Å². The molecule has 1 amide bonds. The van der Waals surface area contributed by atoms with Gasteiger partial charge in [-0.2, -0.15) is 5.10 Å². The lowest BCUT2D eigenvalue weighted by Crippen LogP contribution is -2.15. The fraction of sp³-hybridized carbons (Fsp3) is 0.167. The second kappa shape index (κ2) is 6.28. The van der Waals surface area contributed by atoms with E-state index in [-0.39, 0.29) is 16.9 Å². The number of nitro groups is 2. The van der Waals surface area contributed by atoms with Gasteiger partial charge in [0.2, 0.25) is 0 Å². The van der Waals surface area contributed by atoms with Crippen LogP contribution in [0.5, 0.6) is 0 Å². The van der Waals surface area contributed by atoms with E-state index in [4.69, 9.17) is 0 Å². The van der Waals surface area contributed by atoms with E-state index in [1.165, 1.54) is 11.6 Å². The van der Waals surface area contributed by atoms with E-state index < -0.39 is 27.1 Å². The first-order chi connectivity index (χ1) is 10.7. The van der Waals surface area contributed by atoms with Crippen LogP contribution in [0.4, 0.5) is 17.1 Å². The standard InChI is InChI=1S/C12H10IN5O5/c1-6-9(17(20)21)3-7(4-10(6)18(22)23)14-12(19)11-8(13)5-16(2)15-11/h3-5H,1-2H3,(H,14,19). The Labute approximate surface area is 142 Å². The molecule has 2 aromatic rings. The monoisotopic (exact) mass is 431 g/mol. The third-order valence-electron chi connectivity index (χ3n) is 3.00. The Morgan fingerprint density at radius 1 is 1.26 bits per heavy atom. The highest BCUT2D eigenvalue weighted by Gasteiger charge is 2.24. The molecule has 120 valence electrons. The van der Waals surface area contributed by atoms with Gasteiger partial charge in [-0.05, 0) is 29.5 Å². The average Bonchev–Trinajstić information content (AvgIpc) is 2.78.